The quantitative estimate of drug-likeness (QED) is 0.881. The number of aromatic nitrogens is 2. The molecule has 1 heterocycles. The van der Waals surface area contributed by atoms with Crippen molar-refractivity contribution in [3.8, 4) is 11.1 Å². The first kappa shape index (κ1) is 11.8. The third-order valence-corrected chi connectivity index (χ3v) is 2.86. The summed E-state index contributed by atoms with van der Waals surface area (Å²) >= 11 is 0. The van der Waals surface area contributed by atoms with Crippen LogP contribution >= 0.6 is 0 Å². The maximum absolute atomic E-state index is 13.3. The maximum atomic E-state index is 13.3. The second-order valence-electron chi connectivity index (χ2n) is 4.07. The summed E-state index contributed by atoms with van der Waals surface area (Å²) in [6.45, 7) is 2.67. The average molecular weight is 233 g/mol. The molecular formula is C13H16FN3. The Kier molecular flexibility index (Phi) is 3.24. The number of hydrogen-bond donors (Lipinski definition) is 1. The van der Waals surface area contributed by atoms with E-state index >= 15 is 0 Å². The summed E-state index contributed by atoms with van der Waals surface area (Å²) in [4.78, 5) is 0. The Balaban J connectivity index is 2.57. The van der Waals surface area contributed by atoms with E-state index < -0.39 is 0 Å². The molecule has 0 atom stereocenters. The van der Waals surface area contributed by atoms with Gasteiger partial charge >= 0.3 is 0 Å². The lowest BCUT2D eigenvalue weighted by Crippen LogP contribution is -2.07. The van der Waals surface area contributed by atoms with Crippen LogP contribution in [0.5, 0.6) is 0 Å². The molecule has 0 unspecified atom stereocenters. The van der Waals surface area contributed by atoms with Crippen molar-refractivity contribution in [3.63, 3.8) is 0 Å². The molecule has 1 aromatic heterocycles. The molecule has 0 fully saturated rings. The Morgan fingerprint density at radius 3 is 2.82 bits per heavy atom. The highest BCUT2D eigenvalue weighted by Crippen LogP contribution is 2.27. The second kappa shape index (κ2) is 4.67. The Bertz CT molecular complexity index is 531. The molecule has 2 aromatic rings. The summed E-state index contributed by atoms with van der Waals surface area (Å²) < 4.78 is 15.1. The van der Waals surface area contributed by atoms with E-state index in [1.807, 2.05) is 31.8 Å². The van der Waals surface area contributed by atoms with Crippen molar-refractivity contribution in [1.29, 1.82) is 0 Å². The molecule has 0 radical (unpaired) electrons. The molecule has 0 saturated heterocycles. The van der Waals surface area contributed by atoms with Crippen molar-refractivity contribution in [2.24, 2.45) is 7.05 Å². The van der Waals surface area contributed by atoms with Gasteiger partial charge in [-0.05, 0) is 31.7 Å². The van der Waals surface area contributed by atoms with E-state index in [-0.39, 0.29) is 5.82 Å². The van der Waals surface area contributed by atoms with Crippen LogP contribution in [0.3, 0.4) is 0 Å². The average Bonchev–Trinajstić information content (AvgIpc) is 2.55. The van der Waals surface area contributed by atoms with Crippen LogP contribution in [-0.4, -0.2) is 16.8 Å². The highest BCUT2D eigenvalue weighted by Gasteiger charge is 2.14. The van der Waals surface area contributed by atoms with Crippen LogP contribution in [0.4, 0.5) is 4.39 Å². The van der Waals surface area contributed by atoms with Gasteiger partial charge in [0.05, 0.1) is 5.69 Å². The largest absolute Gasteiger partial charge is 0.314 e. The Morgan fingerprint density at radius 1 is 1.41 bits per heavy atom. The monoisotopic (exact) mass is 233 g/mol. The van der Waals surface area contributed by atoms with Crippen molar-refractivity contribution >= 4 is 0 Å². The molecule has 0 aliphatic carbocycles. The Labute approximate surface area is 100 Å². The SMILES string of the molecule is CNCc1nn(C)c(C)c1-c1cccc(F)c1. The van der Waals surface area contributed by atoms with Crippen LogP contribution in [0.2, 0.25) is 0 Å². The summed E-state index contributed by atoms with van der Waals surface area (Å²) in [5, 5.41) is 7.52. The van der Waals surface area contributed by atoms with Crippen molar-refractivity contribution in [1.82, 2.24) is 15.1 Å². The van der Waals surface area contributed by atoms with Gasteiger partial charge in [0.1, 0.15) is 5.82 Å². The van der Waals surface area contributed by atoms with E-state index in [0.717, 1.165) is 22.5 Å². The van der Waals surface area contributed by atoms with Gasteiger partial charge in [-0.25, -0.2) is 4.39 Å². The standard InChI is InChI=1S/C13H16FN3/c1-9-13(10-5-4-6-11(14)7-10)12(8-15-2)16-17(9)3/h4-7,15H,8H2,1-3H3. The van der Waals surface area contributed by atoms with Crippen LogP contribution in [0.25, 0.3) is 11.1 Å². The maximum Gasteiger partial charge on any atom is 0.123 e. The predicted octanol–water partition coefficient (Wildman–Crippen LogP) is 2.25. The van der Waals surface area contributed by atoms with Crippen molar-refractivity contribution in [2.45, 2.75) is 13.5 Å². The minimum absolute atomic E-state index is 0.221. The fraction of sp³-hybridized carbons (Fsp3) is 0.308. The fourth-order valence-electron chi connectivity index (χ4n) is 1.99. The van der Waals surface area contributed by atoms with Gasteiger partial charge in [0.25, 0.3) is 0 Å². The molecule has 4 heteroatoms. The molecule has 17 heavy (non-hydrogen) atoms. The van der Waals surface area contributed by atoms with E-state index in [2.05, 4.69) is 10.4 Å². The molecule has 0 aliphatic heterocycles. The number of nitrogens with zero attached hydrogens (tertiary/aromatic N) is 2. The van der Waals surface area contributed by atoms with Gasteiger partial charge < -0.3 is 5.32 Å². The van der Waals surface area contributed by atoms with Gasteiger partial charge in [-0.2, -0.15) is 5.10 Å². The van der Waals surface area contributed by atoms with Gasteiger partial charge in [0.2, 0.25) is 0 Å². The summed E-state index contributed by atoms with van der Waals surface area (Å²) in [6.07, 6.45) is 0. The zero-order valence-electron chi connectivity index (χ0n) is 10.3. The van der Waals surface area contributed by atoms with Crippen LogP contribution in [0.1, 0.15) is 11.4 Å². The van der Waals surface area contributed by atoms with Crippen LogP contribution in [-0.2, 0) is 13.6 Å². The normalized spacial score (nSPS) is 10.8. The molecule has 2 rings (SSSR count). The molecule has 0 bridgehead atoms. The van der Waals surface area contributed by atoms with E-state index in [9.17, 15) is 4.39 Å². The fourth-order valence-corrected chi connectivity index (χ4v) is 1.99. The van der Waals surface area contributed by atoms with E-state index in [0.29, 0.717) is 6.54 Å². The van der Waals surface area contributed by atoms with E-state index in [1.165, 1.54) is 6.07 Å². The lowest BCUT2D eigenvalue weighted by molar-refractivity contribution is 0.628. The van der Waals surface area contributed by atoms with Gasteiger partial charge in [0, 0.05) is 24.8 Å². The van der Waals surface area contributed by atoms with Crippen LogP contribution in [0.15, 0.2) is 24.3 Å². The molecule has 3 nitrogen and oxygen atoms in total. The third-order valence-electron chi connectivity index (χ3n) is 2.86. The molecule has 1 aromatic carbocycles. The molecule has 0 aliphatic rings. The minimum Gasteiger partial charge on any atom is -0.314 e. The minimum atomic E-state index is -0.221. The first-order chi connectivity index (χ1) is 8.13. The number of benzene rings is 1. The van der Waals surface area contributed by atoms with E-state index in [4.69, 9.17) is 0 Å². The zero-order chi connectivity index (χ0) is 12.4. The zero-order valence-corrected chi connectivity index (χ0v) is 10.3. The van der Waals surface area contributed by atoms with Gasteiger partial charge in [-0.3, -0.25) is 4.68 Å². The first-order valence-corrected chi connectivity index (χ1v) is 5.56. The highest BCUT2D eigenvalue weighted by atomic mass is 19.1. The summed E-state index contributed by atoms with van der Waals surface area (Å²) in [5.41, 5.74) is 3.88. The smallest absolute Gasteiger partial charge is 0.123 e. The summed E-state index contributed by atoms with van der Waals surface area (Å²) in [7, 11) is 3.77. The molecule has 90 valence electrons. The first-order valence-electron chi connectivity index (χ1n) is 5.56. The topological polar surface area (TPSA) is 29.9 Å². The van der Waals surface area contributed by atoms with Crippen molar-refractivity contribution in [3.05, 3.63) is 41.5 Å². The molecular weight excluding hydrogens is 217 g/mol. The summed E-state index contributed by atoms with van der Waals surface area (Å²) in [5.74, 6) is -0.221. The molecule has 0 spiro atoms. The third kappa shape index (κ3) is 2.22. The van der Waals surface area contributed by atoms with Crippen LogP contribution in [0, 0.1) is 12.7 Å². The Hall–Kier alpha value is -1.68. The molecule has 1 N–H and O–H groups in total. The van der Waals surface area contributed by atoms with E-state index in [1.54, 1.807) is 12.1 Å². The molecule has 0 saturated carbocycles. The number of halogens is 1. The molecule has 0 amide bonds. The van der Waals surface area contributed by atoms with Crippen molar-refractivity contribution < 1.29 is 4.39 Å². The van der Waals surface area contributed by atoms with Gasteiger partial charge in [0.15, 0.2) is 0 Å². The summed E-state index contributed by atoms with van der Waals surface area (Å²) in [6, 6.07) is 6.63. The second-order valence-corrected chi connectivity index (χ2v) is 4.07. The highest BCUT2D eigenvalue weighted by molar-refractivity contribution is 5.68. The number of aryl methyl sites for hydroxylation is 1. The van der Waals surface area contributed by atoms with Gasteiger partial charge in [-0.15, -0.1) is 0 Å². The lowest BCUT2D eigenvalue weighted by atomic mass is 10.0. The lowest BCUT2D eigenvalue weighted by Gasteiger charge is -2.04. The van der Waals surface area contributed by atoms with Crippen molar-refractivity contribution in [2.75, 3.05) is 7.05 Å². The number of nitrogens with one attached hydrogen (secondary N) is 1. The van der Waals surface area contributed by atoms with Crippen LogP contribution < -0.4 is 5.32 Å². The predicted molar refractivity (Wildman–Crippen MR) is 66.1 cm³/mol. The van der Waals surface area contributed by atoms with Gasteiger partial charge in [-0.1, -0.05) is 12.1 Å². The number of rotatable bonds is 3. The Morgan fingerprint density at radius 2 is 2.18 bits per heavy atom. The number of hydrogen-bond acceptors (Lipinski definition) is 2.